The Morgan fingerprint density at radius 3 is 2.74 bits per heavy atom. The number of pyridine rings is 1. The second-order valence-corrected chi connectivity index (χ2v) is 6.11. The normalized spacial score (nSPS) is 10.7. The van der Waals surface area contributed by atoms with Crippen LogP contribution >= 0.6 is 11.6 Å². The lowest BCUT2D eigenvalue weighted by Crippen LogP contribution is -2.15. The van der Waals surface area contributed by atoms with E-state index in [9.17, 15) is 4.79 Å². The Morgan fingerprint density at radius 1 is 1.15 bits per heavy atom. The lowest BCUT2D eigenvalue weighted by molar-refractivity contribution is 0.102. The van der Waals surface area contributed by atoms with Gasteiger partial charge in [0.15, 0.2) is 0 Å². The molecule has 0 bridgehead atoms. The number of para-hydroxylation sites is 1. The highest BCUT2D eigenvalue weighted by molar-refractivity contribution is 6.30. The number of nitrogens with zero attached hydrogens (tertiary/aromatic N) is 4. The zero-order chi connectivity index (χ0) is 18.8. The van der Waals surface area contributed by atoms with Gasteiger partial charge in [0.1, 0.15) is 17.2 Å². The molecule has 0 fully saturated rings. The molecule has 0 aliphatic heterocycles. The fourth-order valence-electron chi connectivity index (χ4n) is 2.66. The van der Waals surface area contributed by atoms with Crippen LogP contribution in [0.5, 0.6) is 0 Å². The number of carbonyl (C=O) groups excluding carboxylic acids is 1. The van der Waals surface area contributed by atoms with Gasteiger partial charge in [-0.05, 0) is 18.2 Å². The number of amides is 1. The molecule has 4 aromatic rings. The number of nitrogen functional groups attached to an aromatic ring is 1. The Hall–Kier alpha value is -3.65. The maximum absolute atomic E-state index is 12.5. The minimum absolute atomic E-state index is 0.220. The Morgan fingerprint density at radius 2 is 2.00 bits per heavy atom. The fourth-order valence-corrected chi connectivity index (χ4v) is 2.77. The highest BCUT2D eigenvalue weighted by atomic mass is 35.5. The summed E-state index contributed by atoms with van der Waals surface area (Å²) in [6, 6.07) is 10.8. The summed E-state index contributed by atoms with van der Waals surface area (Å²) < 4.78 is 1.52. The van der Waals surface area contributed by atoms with Crippen LogP contribution in [0.4, 0.5) is 11.6 Å². The van der Waals surface area contributed by atoms with Crippen LogP contribution in [0, 0.1) is 0 Å². The maximum atomic E-state index is 12.5. The van der Waals surface area contributed by atoms with Crippen LogP contribution in [0.3, 0.4) is 0 Å². The molecule has 27 heavy (non-hydrogen) atoms. The van der Waals surface area contributed by atoms with Gasteiger partial charge in [-0.1, -0.05) is 29.8 Å². The summed E-state index contributed by atoms with van der Waals surface area (Å²) in [5.41, 5.74) is 8.96. The largest absolute Gasteiger partial charge is 0.383 e. The average molecular weight is 380 g/mol. The SMILES string of the molecule is Nc1c(C(=O)Nc2ccc(Cl)cn2)cnn1-c1ccccc1-c1cn[nH]c1. The van der Waals surface area contributed by atoms with Crippen LogP contribution in [-0.2, 0) is 0 Å². The first-order chi connectivity index (χ1) is 13.1. The van der Waals surface area contributed by atoms with Crippen molar-refractivity contribution in [2.45, 2.75) is 0 Å². The third-order valence-electron chi connectivity index (χ3n) is 3.96. The average Bonchev–Trinajstić information content (AvgIpc) is 3.33. The summed E-state index contributed by atoms with van der Waals surface area (Å²) >= 11 is 5.80. The summed E-state index contributed by atoms with van der Waals surface area (Å²) in [7, 11) is 0. The van der Waals surface area contributed by atoms with Gasteiger partial charge < -0.3 is 11.1 Å². The van der Waals surface area contributed by atoms with Gasteiger partial charge in [0.05, 0.1) is 23.1 Å². The third-order valence-corrected chi connectivity index (χ3v) is 4.19. The minimum atomic E-state index is -0.408. The van der Waals surface area contributed by atoms with Crippen LogP contribution in [-0.4, -0.2) is 30.9 Å². The molecule has 1 amide bonds. The summed E-state index contributed by atoms with van der Waals surface area (Å²) in [6.07, 6.45) is 6.36. The molecule has 1 aromatic carbocycles. The van der Waals surface area contributed by atoms with E-state index in [1.54, 1.807) is 24.5 Å². The molecule has 0 aliphatic rings. The molecule has 0 saturated heterocycles. The topological polar surface area (TPSA) is 115 Å². The van der Waals surface area contributed by atoms with Crippen molar-refractivity contribution in [3.05, 3.63) is 71.8 Å². The summed E-state index contributed by atoms with van der Waals surface area (Å²) in [4.78, 5) is 16.6. The molecule has 0 atom stereocenters. The molecular formula is C18H14ClN7O. The van der Waals surface area contributed by atoms with Gasteiger partial charge in [0.2, 0.25) is 0 Å². The van der Waals surface area contributed by atoms with Crippen molar-refractivity contribution in [1.82, 2.24) is 25.0 Å². The van der Waals surface area contributed by atoms with Crippen molar-refractivity contribution in [2.75, 3.05) is 11.1 Å². The van der Waals surface area contributed by atoms with Crippen LogP contribution < -0.4 is 11.1 Å². The highest BCUT2D eigenvalue weighted by Gasteiger charge is 2.18. The number of H-pyrrole nitrogens is 1. The summed E-state index contributed by atoms with van der Waals surface area (Å²) in [5, 5.41) is 14.2. The molecule has 9 heteroatoms. The smallest absolute Gasteiger partial charge is 0.262 e. The minimum Gasteiger partial charge on any atom is -0.383 e. The van der Waals surface area contributed by atoms with Gasteiger partial charge >= 0.3 is 0 Å². The number of benzene rings is 1. The number of aromatic nitrogens is 5. The van der Waals surface area contributed by atoms with Crippen molar-refractivity contribution in [3.63, 3.8) is 0 Å². The van der Waals surface area contributed by atoms with E-state index in [0.29, 0.717) is 10.8 Å². The molecule has 0 unspecified atom stereocenters. The summed E-state index contributed by atoms with van der Waals surface area (Å²) in [5.74, 6) is 0.183. The number of nitrogens with two attached hydrogens (primary N) is 1. The zero-order valence-electron chi connectivity index (χ0n) is 13.9. The third kappa shape index (κ3) is 3.25. The van der Waals surface area contributed by atoms with E-state index in [0.717, 1.165) is 16.8 Å². The van der Waals surface area contributed by atoms with E-state index in [1.165, 1.54) is 17.1 Å². The van der Waals surface area contributed by atoms with E-state index in [2.05, 4.69) is 25.6 Å². The Balaban J connectivity index is 1.67. The van der Waals surface area contributed by atoms with Gasteiger partial charge in [0.25, 0.3) is 5.91 Å². The number of anilines is 2. The van der Waals surface area contributed by atoms with Gasteiger partial charge in [0, 0.05) is 23.5 Å². The van der Waals surface area contributed by atoms with Gasteiger partial charge in [-0.15, -0.1) is 0 Å². The number of carbonyl (C=O) groups is 1. The second kappa shape index (κ2) is 6.93. The second-order valence-electron chi connectivity index (χ2n) is 5.68. The predicted octanol–water partition coefficient (Wildman–Crippen LogP) is 3.15. The number of nitrogens with one attached hydrogen (secondary N) is 2. The highest BCUT2D eigenvalue weighted by Crippen LogP contribution is 2.28. The van der Waals surface area contributed by atoms with E-state index >= 15 is 0 Å². The first kappa shape index (κ1) is 16.8. The molecule has 3 aromatic heterocycles. The molecular weight excluding hydrogens is 366 g/mol. The molecule has 0 radical (unpaired) electrons. The number of rotatable bonds is 4. The number of hydrogen-bond donors (Lipinski definition) is 3. The fraction of sp³-hybridized carbons (Fsp3) is 0. The molecule has 0 spiro atoms. The summed E-state index contributed by atoms with van der Waals surface area (Å²) in [6.45, 7) is 0. The molecule has 134 valence electrons. The lowest BCUT2D eigenvalue weighted by atomic mass is 10.1. The van der Waals surface area contributed by atoms with Crippen LogP contribution in [0.1, 0.15) is 10.4 Å². The van der Waals surface area contributed by atoms with Crippen LogP contribution in [0.15, 0.2) is 61.2 Å². The number of hydrogen-bond acceptors (Lipinski definition) is 5. The Bertz CT molecular complexity index is 1090. The Labute approximate surface area is 159 Å². The molecule has 3 heterocycles. The van der Waals surface area contributed by atoms with Crippen molar-refractivity contribution in [3.8, 4) is 16.8 Å². The van der Waals surface area contributed by atoms with E-state index in [4.69, 9.17) is 17.3 Å². The number of aromatic amines is 1. The monoisotopic (exact) mass is 379 g/mol. The van der Waals surface area contributed by atoms with Gasteiger partial charge in [-0.2, -0.15) is 10.2 Å². The molecule has 0 aliphatic carbocycles. The first-order valence-electron chi connectivity index (χ1n) is 7.98. The zero-order valence-corrected chi connectivity index (χ0v) is 14.7. The van der Waals surface area contributed by atoms with Crippen molar-refractivity contribution < 1.29 is 4.79 Å². The Kier molecular flexibility index (Phi) is 4.31. The van der Waals surface area contributed by atoms with E-state index in [1.807, 2.05) is 24.3 Å². The van der Waals surface area contributed by atoms with E-state index < -0.39 is 5.91 Å². The number of halogens is 1. The standard InChI is InChI=1S/C18H14ClN7O/c19-12-5-6-16(21-9-12)25-18(27)14-10-24-26(17(14)20)15-4-2-1-3-13(15)11-7-22-23-8-11/h1-10H,20H2,(H,22,23)(H,21,25,27). The van der Waals surface area contributed by atoms with Crippen LogP contribution in [0.2, 0.25) is 5.02 Å². The first-order valence-corrected chi connectivity index (χ1v) is 8.36. The lowest BCUT2D eigenvalue weighted by Gasteiger charge is -2.10. The van der Waals surface area contributed by atoms with Crippen LogP contribution in [0.25, 0.3) is 16.8 Å². The van der Waals surface area contributed by atoms with Crippen molar-refractivity contribution in [2.24, 2.45) is 0 Å². The predicted molar refractivity (Wildman–Crippen MR) is 103 cm³/mol. The van der Waals surface area contributed by atoms with Crippen molar-refractivity contribution in [1.29, 1.82) is 0 Å². The quantitative estimate of drug-likeness (QED) is 0.504. The van der Waals surface area contributed by atoms with Gasteiger partial charge in [-0.25, -0.2) is 9.67 Å². The molecule has 8 nitrogen and oxygen atoms in total. The maximum Gasteiger partial charge on any atom is 0.262 e. The molecule has 4 N–H and O–H groups in total. The van der Waals surface area contributed by atoms with Gasteiger partial charge in [-0.3, -0.25) is 9.89 Å². The van der Waals surface area contributed by atoms with Crippen molar-refractivity contribution >= 4 is 29.1 Å². The molecule has 0 saturated carbocycles. The molecule has 4 rings (SSSR count). The van der Waals surface area contributed by atoms with E-state index in [-0.39, 0.29) is 11.4 Å².